The molecule has 186 valence electrons. The molecule has 1 aromatic carbocycles. The first-order chi connectivity index (χ1) is 17.0. The number of rotatable bonds is 8. The molecule has 0 bridgehead atoms. The van der Waals surface area contributed by atoms with Gasteiger partial charge in [-0.15, -0.1) is 11.3 Å². The predicted octanol–water partition coefficient (Wildman–Crippen LogP) is 3.37. The van der Waals surface area contributed by atoms with E-state index in [1.165, 1.54) is 23.2 Å². The summed E-state index contributed by atoms with van der Waals surface area (Å²) in [4.78, 5) is 60.6. The summed E-state index contributed by atoms with van der Waals surface area (Å²) < 4.78 is 5.31. The Hall–Kier alpha value is -3.90. The van der Waals surface area contributed by atoms with E-state index in [0.29, 0.717) is 37.5 Å². The van der Waals surface area contributed by atoms with E-state index in [1.54, 1.807) is 45.0 Å². The molecule has 1 unspecified atom stereocenters. The Labute approximate surface area is 214 Å². The lowest BCUT2D eigenvalue weighted by Gasteiger charge is -2.24. The van der Waals surface area contributed by atoms with E-state index >= 15 is 0 Å². The lowest BCUT2D eigenvalue weighted by molar-refractivity contribution is -0.120. The number of aliphatic hydroxyl groups excluding tert-OH is 1. The molecular formula is C24H22N4O6S2. The van der Waals surface area contributed by atoms with E-state index in [0.717, 1.165) is 11.3 Å². The Morgan fingerprint density at radius 1 is 1.06 bits per heavy atom. The van der Waals surface area contributed by atoms with Crippen molar-refractivity contribution < 1.29 is 29.0 Å². The van der Waals surface area contributed by atoms with Crippen LogP contribution in [0.15, 0.2) is 35.6 Å². The van der Waals surface area contributed by atoms with Gasteiger partial charge in [0, 0.05) is 6.92 Å². The zero-order valence-electron chi connectivity index (χ0n) is 19.8. The summed E-state index contributed by atoms with van der Waals surface area (Å²) >= 11 is 2.18. The van der Waals surface area contributed by atoms with Gasteiger partial charge in [0.05, 0.1) is 37.8 Å². The number of anilines is 1. The first-order valence-corrected chi connectivity index (χ1v) is 12.4. The summed E-state index contributed by atoms with van der Waals surface area (Å²) in [5.41, 5.74) is 6.43. The van der Waals surface area contributed by atoms with Gasteiger partial charge < -0.3 is 15.6 Å². The molecule has 0 radical (unpaired) electrons. The lowest BCUT2D eigenvalue weighted by Crippen LogP contribution is -2.31. The van der Waals surface area contributed by atoms with Gasteiger partial charge in [-0.3, -0.25) is 24.1 Å². The van der Waals surface area contributed by atoms with Crippen LogP contribution in [0.5, 0.6) is 5.75 Å². The number of aliphatic hydroxyl groups is 1. The molecule has 1 aliphatic heterocycles. The molecule has 4 rings (SSSR count). The van der Waals surface area contributed by atoms with Crippen LogP contribution in [0.4, 0.5) is 5.13 Å². The van der Waals surface area contributed by atoms with Crippen molar-refractivity contribution in [2.45, 2.75) is 33.7 Å². The smallest absolute Gasteiger partial charge is 0.296 e. The van der Waals surface area contributed by atoms with Crippen LogP contribution in [-0.4, -0.2) is 45.1 Å². The first kappa shape index (κ1) is 25.2. The van der Waals surface area contributed by atoms with Crippen molar-refractivity contribution >= 4 is 51.2 Å². The van der Waals surface area contributed by atoms with E-state index in [4.69, 9.17) is 10.5 Å². The van der Waals surface area contributed by atoms with Crippen molar-refractivity contribution in [2.75, 3.05) is 11.5 Å². The van der Waals surface area contributed by atoms with Gasteiger partial charge in [0.25, 0.3) is 11.8 Å². The number of benzene rings is 1. The summed E-state index contributed by atoms with van der Waals surface area (Å²) in [5.74, 6) is -2.51. The minimum atomic E-state index is -1.03. The van der Waals surface area contributed by atoms with Crippen molar-refractivity contribution in [1.29, 1.82) is 0 Å². The normalized spacial score (nSPS) is 15.5. The fourth-order valence-corrected chi connectivity index (χ4v) is 5.79. The fourth-order valence-electron chi connectivity index (χ4n) is 3.93. The number of thiazole rings is 2. The number of carbonyl (C=O) groups excluding carboxylic acids is 4. The summed E-state index contributed by atoms with van der Waals surface area (Å²) in [6.45, 7) is 6.19. The summed E-state index contributed by atoms with van der Waals surface area (Å²) in [6.07, 6.45) is 0. The Balaban J connectivity index is 1.83. The Morgan fingerprint density at radius 2 is 1.69 bits per heavy atom. The molecule has 3 heterocycles. The lowest BCUT2D eigenvalue weighted by atomic mass is 9.95. The number of aromatic nitrogens is 2. The highest BCUT2D eigenvalue weighted by atomic mass is 32.1. The molecule has 0 spiro atoms. The molecule has 36 heavy (non-hydrogen) atoms. The molecule has 1 aliphatic rings. The van der Waals surface area contributed by atoms with Gasteiger partial charge in [0.15, 0.2) is 23.3 Å². The SMILES string of the molecule is CC(=O)c1sc(N2C(=O)C(O)=C(C(=O)c3sc(C)nc3C)C2c2ccc(OCC(N)=O)cc2)nc1C. The third kappa shape index (κ3) is 4.52. The van der Waals surface area contributed by atoms with Gasteiger partial charge in [-0.1, -0.05) is 23.5 Å². The molecule has 3 aromatic rings. The van der Waals surface area contributed by atoms with E-state index in [1.807, 2.05) is 0 Å². The molecule has 2 aromatic heterocycles. The van der Waals surface area contributed by atoms with Crippen LogP contribution in [0, 0.1) is 20.8 Å². The second-order valence-corrected chi connectivity index (χ2v) is 10.3. The second kappa shape index (κ2) is 9.63. The van der Waals surface area contributed by atoms with Gasteiger partial charge in [0.1, 0.15) is 5.75 Å². The quantitative estimate of drug-likeness (QED) is 0.424. The molecule has 10 nitrogen and oxygen atoms in total. The third-order valence-electron chi connectivity index (χ3n) is 5.45. The molecular weight excluding hydrogens is 504 g/mol. The fraction of sp³-hybridized carbons (Fsp3) is 0.250. The molecule has 3 N–H and O–H groups in total. The number of nitrogens with two attached hydrogens (primary N) is 1. The molecule has 1 atom stereocenters. The van der Waals surface area contributed by atoms with Crippen LogP contribution in [-0.2, 0) is 9.59 Å². The van der Waals surface area contributed by atoms with Gasteiger partial charge in [-0.2, -0.15) is 0 Å². The molecule has 0 saturated carbocycles. The van der Waals surface area contributed by atoms with E-state index in [9.17, 15) is 24.3 Å². The number of carbonyl (C=O) groups is 4. The molecule has 0 aliphatic carbocycles. The Kier molecular flexibility index (Phi) is 6.74. The average Bonchev–Trinajstić information content (AvgIpc) is 3.45. The van der Waals surface area contributed by atoms with Crippen molar-refractivity contribution in [1.82, 2.24) is 9.97 Å². The number of primary amides is 1. The van der Waals surface area contributed by atoms with Gasteiger partial charge >= 0.3 is 0 Å². The van der Waals surface area contributed by atoms with E-state index in [2.05, 4.69) is 9.97 Å². The monoisotopic (exact) mass is 526 g/mol. The highest BCUT2D eigenvalue weighted by Gasteiger charge is 2.46. The van der Waals surface area contributed by atoms with E-state index in [-0.39, 0.29) is 23.1 Å². The minimum Gasteiger partial charge on any atom is -0.503 e. The summed E-state index contributed by atoms with van der Waals surface area (Å²) in [6, 6.07) is 5.33. The highest BCUT2D eigenvalue weighted by Crippen LogP contribution is 2.44. The summed E-state index contributed by atoms with van der Waals surface area (Å²) in [5, 5.41) is 11.8. The second-order valence-electron chi connectivity index (χ2n) is 8.11. The van der Waals surface area contributed by atoms with Crippen LogP contribution in [0.3, 0.4) is 0 Å². The number of amides is 2. The van der Waals surface area contributed by atoms with Gasteiger partial charge in [0.2, 0.25) is 5.78 Å². The number of hydrogen-bond donors (Lipinski definition) is 2. The maximum Gasteiger partial charge on any atom is 0.296 e. The minimum absolute atomic E-state index is 0.116. The average molecular weight is 527 g/mol. The standard InChI is InChI=1S/C24H22N4O6S2/c1-10-21(12(3)29)36-24(27-10)28-18(14-5-7-15(8-6-14)34-9-16(25)30)17(20(32)23(28)33)19(31)22-11(2)26-13(4)35-22/h5-8,18,32H,9H2,1-4H3,(H2,25,30). The maximum absolute atomic E-state index is 13.6. The number of aryl methyl sites for hydroxylation is 3. The third-order valence-corrected chi connectivity index (χ3v) is 7.78. The zero-order chi connectivity index (χ0) is 26.3. The topological polar surface area (TPSA) is 153 Å². The first-order valence-electron chi connectivity index (χ1n) is 10.7. The van der Waals surface area contributed by atoms with Crippen LogP contribution < -0.4 is 15.4 Å². The Bertz CT molecular complexity index is 1440. The number of nitrogens with zero attached hydrogens (tertiary/aromatic N) is 3. The number of hydrogen-bond acceptors (Lipinski definition) is 10. The largest absolute Gasteiger partial charge is 0.503 e. The Morgan fingerprint density at radius 3 is 2.22 bits per heavy atom. The van der Waals surface area contributed by atoms with Gasteiger partial charge in [-0.25, -0.2) is 9.97 Å². The van der Waals surface area contributed by atoms with Crippen molar-refractivity contribution in [3.63, 3.8) is 0 Å². The maximum atomic E-state index is 13.6. The highest BCUT2D eigenvalue weighted by molar-refractivity contribution is 7.17. The summed E-state index contributed by atoms with van der Waals surface area (Å²) in [7, 11) is 0. The molecule has 0 fully saturated rings. The van der Waals surface area contributed by atoms with Crippen LogP contribution in [0.25, 0.3) is 0 Å². The van der Waals surface area contributed by atoms with E-state index < -0.39 is 29.4 Å². The van der Waals surface area contributed by atoms with Crippen molar-refractivity contribution in [3.8, 4) is 5.75 Å². The zero-order valence-corrected chi connectivity index (χ0v) is 21.5. The van der Waals surface area contributed by atoms with Crippen molar-refractivity contribution in [3.05, 3.63) is 67.3 Å². The van der Waals surface area contributed by atoms with Gasteiger partial charge in [-0.05, 0) is 38.5 Å². The number of Topliss-reactive ketones (excluding diaryl/α,β-unsaturated/α-hetero) is 2. The van der Waals surface area contributed by atoms with Crippen molar-refractivity contribution in [2.24, 2.45) is 5.73 Å². The molecule has 12 heteroatoms. The van der Waals surface area contributed by atoms with Crippen LogP contribution in [0.2, 0.25) is 0 Å². The molecule has 2 amide bonds. The molecule has 0 saturated heterocycles. The van der Waals surface area contributed by atoms with Crippen LogP contribution >= 0.6 is 22.7 Å². The predicted molar refractivity (Wildman–Crippen MR) is 134 cm³/mol. The van der Waals surface area contributed by atoms with Crippen LogP contribution in [0.1, 0.15) is 54.3 Å². The number of ketones is 2. The number of ether oxygens (including phenoxy) is 1.